The molecule has 2 fully saturated rings. The van der Waals surface area contributed by atoms with Gasteiger partial charge in [-0.3, -0.25) is 4.79 Å². The fourth-order valence-electron chi connectivity index (χ4n) is 3.06. The van der Waals surface area contributed by atoms with Gasteiger partial charge in [-0.1, -0.05) is 49.2 Å². The van der Waals surface area contributed by atoms with E-state index < -0.39 is 0 Å². The van der Waals surface area contributed by atoms with Gasteiger partial charge in [0.1, 0.15) is 0 Å². The lowest BCUT2D eigenvalue weighted by Gasteiger charge is -2.36. The number of carbonyl (C=O) groups is 1. The fourth-order valence-corrected chi connectivity index (χ4v) is 6.19. The monoisotopic (exact) mass is 278 g/mol. The van der Waals surface area contributed by atoms with Crippen LogP contribution in [-0.4, -0.2) is 15.1 Å². The maximum atomic E-state index is 11.9. The van der Waals surface area contributed by atoms with Gasteiger partial charge in [-0.05, 0) is 25.0 Å². The summed E-state index contributed by atoms with van der Waals surface area (Å²) in [6.45, 7) is 0. The van der Waals surface area contributed by atoms with E-state index in [9.17, 15) is 4.79 Å². The lowest BCUT2D eigenvalue weighted by molar-refractivity contribution is -0.110. The highest BCUT2D eigenvalue weighted by Crippen LogP contribution is 2.54. The number of benzene rings is 1. The van der Waals surface area contributed by atoms with Crippen molar-refractivity contribution >= 4 is 28.6 Å². The van der Waals surface area contributed by atoms with Gasteiger partial charge in [0, 0.05) is 21.3 Å². The molecule has 3 rings (SSSR count). The normalized spacial score (nSPS) is 26.7. The second kappa shape index (κ2) is 5.30. The molecule has 1 spiro atoms. The summed E-state index contributed by atoms with van der Waals surface area (Å²) >= 11 is 3.58. The third kappa shape index (κ3) is 2.48. The molecule has 0 amide bonds. The van der Waals surface area contributed by atoms with Gasteiger partial charge < -0.3 is 0 Å². The maximum Gasteiger partial charge on any atom is 0.190 e. The molecule has 1 nitrogen and oxygen atoms in total. The van der Waals surface area contributed by atoms with Crippen molar-refractivity contribution in [2.24, 2.45) is 0 Å². The van der Waals surface area contributed by atoms with E-state index in [1.54, 1.807) is 11.8 Å². The first-order valence-corrected chi connectivity index (χ1v) is 8.42. The van der Waals surface area contributed by atoms with Crippen molar-refractivity contribution in [3.8, 4) is 0 Å². The molecule has 1 heterocycles. The van der Waals surface area contributed by atoms with Crippen LogP contribution in [0, 0.1) is 0 Å². The van der Waals surface area contributed by atoms with E-state index >= 15 is 0 Å². The van der Waals surface area contributed by atoms with Crippen molar-refractivity contribution in [3.05, 3.63) is 30.3 Å². The van der Waals surface area contributed by atoms with E-state index in [-0.39, 0.29) is 4.75 Å². The number of rotatable bonds is 2. The molecule has 1 aromatic rings. The Balaban J connectivity index is 1.79. The molecule has 1 aromatic carbocycles. The quantitative estimate of drug-likeness (QED) is 0.792. The summed E-state index contributed by atoms with van der Waals surface area (Å²) in [5.41, 5.74) is 0. The zero-order valence-corrected chi connectivity index (χ0v) is 12.1. The van der Waals surface area contributed by atoms with E-state index in [4.69, 9.17) is 0 Å². The van der Waals surface area contributed by atoms with Crippen molar-refractivity contribution in [2.75, 3.05) is 0 Å². The van der Waals surface area contributed by atoms with Crippen LogP contribution in [0.5, 0.6) is 0 Å². The van der Waals surface area contributed by atoms with Crippen molar-refractivity contribution < 1.29 is 4.79 Å². The summed E-state index contributed by atoms with van der Waals surface area (Å²) in [7, 11) is 0. The predicted octanol–water partition coefficient (Wildman–Crippen LogP) is 4.51. The zero-order valence-electron chi connectivity index (χ0n) is 10.4. The Labute approximate surface area is 117 Å². The Morgan fingerprint density at radius 1 is 1.11 bits per heavy atom. The molecular formula is C15H18OS2. The average molecular weight is 278 g/mol. The lowest BCUT2D eigenvalue weighted by Crippen LogP contribution is -2.34. The molecule has 1 saturated heterocycles. The molecule has 96 valence electrons. The Hall–Kier alpha value is -0.410. The molecule has 1 aliphatic carbocycles. The van der Waals surface area contributed by atoms with Crippen LogP contribution >= 0.6 is 23.5 Å². The second-order valence-corrected chi connectivity index (χ2v) is 7.97. The molecule has 0 aromatic heterocycles. The second-order valence-electron chi connectivity index (χ2n) is 5.22. The summed E-state index contributed by atoms with van der Waals surface area (Å²) < 4.78 is 0.246. The van der Waals surface area contributed by atoms with Gasteiger partial charge in [0.15, 0.2) is 5.12 Å². The lowest BCUT2D eigenvalue weighted by atomic mass is 9.85. The SMILES string of the molecule is O=C1CC(Sc2ccccc2)C2(CCCCC2)S1. The molecule has 18 heavy (non-hydrogen) atoms. The number of thioether (sulfide) groups is 2. The fraction of sp³-hybridized carbons (Fsp3) is 0.533. The van der Waals surface area contributed by atoms with Crippen LogP contribution in [0.15, 0.2) is 35.2 Å². The minimum Gasteiger partial charge on any atom is -0.287 e. The third-order valence-corrected chi connectivity index (χ3v) is 7.07. The molecule has 1 unspecified atom stereocenters. The minimum absolute atomic E-state index is 0.246. The van der Waals surface area contributed by atoms with Crippen LogP contribution in [-0.2, 0) is 4.79 Å². The standard InChI is InChI=1S/C15H18OS2/c16-14-11-13(17-12-7-3-1-4-8-12)15(18-14)9-5-2-6-10-15/h1,3-4,7-8,13H,2,5-6,9-11H2. The van der Waals surface area contributed by atoms with Crippen molar-refractivity contribution in [1.82, 2.24) is 0 Å². The van der Waals surface area contributed by atoms with Crippen molar-refractivity contribution in [2.45, 2.75) is 53.4 Å². The summed E-state index contributed by atoms with van der Waals surface area (Å²) in [4.78, 5) is 13.2. The van der Waals surface area contributed by atoms with Crippen LogP contribution in [0.25, 0.3) is 0 Å². The van der Waals surface area contributed by atoms with Gasteiger partial charge in [0.2, 0.25) is 0 Å². The van der Waals surface area contributed by atoms with Crippen LogP contribution < -0.4 is 0 Å². The van der Waals surface area contributed by atoms with E-state index in [1.165, 1.54) is 37.0 Å². The van der Waals surface area contributed by atoms with E-state index in [0.717, 1.165) is 6.42 Å². The zero-order chi connectivity index (χ0) is 12.4. The van der Waals surface area contributed by atoms with Crippen molar-refractivity contribution in [3.63, 3.8) is 0 Å². The number of carbonyl (C=O) groups excluding carboxylic acids is 1. The van der Waals surface area contributed by atoms with Crippen LogP contribution in [0.4, 0.5) is 0 Å². The minimum atomic E-state index is 0.246. The summed E-state index contributed by atoms with van der Waals surface area (Å²) in [6.07, 6.45) is 7.16. The van der Waals surface area contributed by atoms with Gasteiger partial charge in [-0.15, -0.1) is 11.8 Å². The molecule has 2 aliphatic rings. The molecule has 1 atom stereocenters. The highest BCUT2D eigenvalue weighted by atomic mass is 32.2. The van der Waals surface area contributed by atoms with Crippen LogP contribution in [0.2, 0.25) is 0 Å². The van der Waals surface area contributed by atoms with E-state index in [0.29, 0.717) is 10.4 Å². The van der Waals surface area contributed by atoms with Crippen LogP contribution in [0.1, 0.15) is 38.5 Å². The predicted molar refractivity (Wildman–Crippen MR) is 79.1 cm³/mol. The first-order chi connectivity index (χ1) is 8.78. The number of hydrogen-bond donors (Lipinski definition) is 0. The van der Waals surface area contributed by atoms with Gasteiger partial charge >= 0.3 is 0 Å². The summed E-state index contributed by atoms with van der Waals surface area (Å²) in [6, 6.07) is 10.5. The first kappa shape index (κ1) is 12.6. The number of hydrogen-bond acceptors (Lipinski definition) is 3. The molecule has 0 radical (unpaired) electrons. The molecule has 0 N–H and O–H groups in total. The average Bonchev–Trinajstić information content (AvgIpc) is 2.67. The van der Waals surface area contributed by atoms with Gasteiger partial charge in [-0.2, -0.15) is 0 Å². The Kier molecular flexibility index (Phi) is 3.71. The van der Waals surface area contributed by atoms with Crippen molar-refractivity contribution in [1.29, 1.82) is 0 Å². The van der Waals surface area contributed by atoms with Crippen LogP contribution in [0.3, 0.4) is 0 Å². The molecule has 3 heteroatoms. The molecule has 0 bridgehead atoms. The van der Waals surface area contributed by atoms with Gasteiger partial charge in [0.05, 0.1) is 0 Å². The van der Waals surface area contributed by atoms with E-state index in [1.807, 2.05) is 11.8 Å². The maximum absolute atomic E-state index is 11.9. The Morgan fingerprint density at radius 2 is 1.83 bits per heavy atom. The third-order valence-electron chi connectivity index (χ3n) is 3.98. The first-order valence-electron chi connectivity index (χ1n) is 6.72. The Morgan fingerprint density at radius 3 is 2.56 bits per heavy atom. The topological polar surface area (TPSA) is 17.1 Å². The van der Waals surface area contributed by atoms with Gasteiger partial charge in [-0.25, -0.2) is 0 Å². The highest BCUT2D eigenvalue weighted by molar-refractivity contribution is 8.16. The molecular weight excluding hydrogens is 260 g/mol. The van der Waals surface area contributed by atoms with Gasteiger partial charge in [0.25, 0.3) is 0 Å². The smallest absolute Gasteiger partial charge is 0.190 e. The van der Waals surface area contributed by atoms with E-state index in [2.05, 4.69) is 30.3 Å². The summed E-state index contributed by atoms with van der Waals surface area (Å²) in [5, 5.41) is 0.892. The highest BCUT2D eigenvalue weighted by Gasteiger charge is 2.48. The largest absolute Gasteiger partial charge is 0.287 e. The summed E-state index contributed by atoms with van der Waals surface area (Å²) in [5.74, 6) is 0. The molecule has 1 saturated carbocycles. The molecule has 1 aliphatic heterocycles. The Bertz CT molecular complexity index is 423.